The van der Waals surface area contributed by atoms with Crippen LogP contribution in [-0.4, -0.2) is 97.1 Å². The third-order valence-electron chi connectivity index (χ3n) is 6.03. The van der Waals surface area contributed by atoms with E-state index in [1.165, 1.54) is 35.2 Å². The molecule has 0 radical (unpaired) electrons. The number of sulfone groups is 1. The van der Waals surface area contributed by atoms with Gasteiger partial charge in [0.25, 0.3) is 5.60 Å². The van der Waals surface area contributed by atoms with Crippen molar-refractivity contribution in [3.8, 4) is 0 Å². The summed E-state index contributed by atoms with van der Waals surface area (Å²) in [5.41, 5.74) is 2.93. The van der Waals surface area contributed by atoms with Gasteiger partial charge in [0.05, 0.1) is 17.8 Å². The maximum Gasteiger partial charge on any atom is 0.348 e. The Morgan fingerprint density at radius 3 is 2.47 bits per heavy atom. The van der Waals surface area contributed by atoms with Crippen molar-refractivity contribution in [1.82, 2.24) is 19.5 Å². The van der Waals surface area contributed by atoms with Crippen LogP contribution in [0.15, 0.2) is 35.5 Å². The summed E-state index contributed by atoms with van der Waals surface area (Å²) in [7, 11) is -3.84. The van der Waals surface area contributed by atoms with Crippen LogP contribution in [0.4, 0.5) is 5.82 Å². The fourth-order valence-corrected chi connectivity index (χ4v) is 5.23. The third-order valence-corrected chi connectivity index (χ3v) is 7.40. The van der Waals surface area contributed by atoms with E-state index in [-0.39, 0.29) is 32.7 Å². The molecule has 1 fully saturated rings. The SMILES string of the molecule is CS(=O)(=O)c1ccccc1CC(OCC1OC(n2cnc3c(N)nc(Cl)nc32)C(O)C1O)(C(=O)O)C(=O)O. The van der Waals surface area contributed by atoms with Gasteiger partial charge < -0.3 is 35.6 Å². The summed E-state index contributed by atoms with van der Waals surface area (Å²) in [6, 6.07) is 5.30. The normalized spacial score (nSPS) is 22.1. The maximum absolute atomic E-state index is 12.2. The van der Waals surface area contributed by atoms with E-state index in [0.29, 0.717) is 0 Å². The van der Waals surface area contributed by atoms with Crippen molar-refractivity contribution < 1.29 is 47.9 Å². The molecular formula is C21H22ClN5O10S. The van der Waals surface area contributed by atoms with Gasteiger partial charge >= 0.3 is 11.9 Å². The van der Waals surface area contributed by atoms with Gasteiger partial charge in [-0.1, -0.05) is 18.2 Å². The highest BCUT2D eigenvalue weighted by atomic mass is 35.5. The zero-order valence-electron chi connectivity index (χ0n) is 19.5. The minimum atomic E-state index is -3.84. The van der Waals surface area contributed by atoms with Crippen molar-refractivity contribution in [1.29, 1.82) is 0 Å². The number of halogens is 1. The highest BCUT2D eigenvalue weighted by molar-refractivity contribution is 7.90. The molecule has 3 aromatic rings. The molecule has 4 rings (SSSR count). The number of nitrogen functional groups attached to an aromatic ring is 1. The molecule has 0 amide bonds. The van der Waals surface area contributed by atoms with Crippen LogP contribution in [0.5, 0.6) is 0 Å². The molecule has 15 nitrogen and oxygen atoms in total. The topological polar surface area (TPSA) is 237 Å². The number of imidazole rings is 1. The number of ether oxygens (including phenoxy) is 2. The first-order valence-electron chi connectivity index (χ1n) is 10.8. The summed E-state index contributed by atoms with van der Waals surface area (Å²) in [6.07, 6.45) is -4.75. The summed E-state index contributed by atoms with van der Waals surface area (Å²) in [4.78, 5) is 35.9. The molecule has 0 bridgehead atoms. The molecule has 17 heteroatoms. The number of aliphatic hydroxyl groups excluding tert-OH is 2. The molecule has 0 aliphatic carbocycles. The van der Waals surface area contributed by atoms with Crippen molar-refractivity contribution in [3.63, 3.8) is 0 Å². The summed E-state index contributed by atoms with van der Waals surface area (Å²) < 4.78 is 36.5. The Labute approximate surface area is 219 Å². The number of aliphatic hydroxyl groups is 2. The molecule has 2 aromatic heterocycles. The van der Waals surface area contributed by atoms with Crippen LogP contribution < -0.4 is 5.73 Å². The number of hydrogen-bond acceptors (Lipinski definition) is 12. The molecule has 0 spiro atoms. The van der Waals surface area contributed by atoms with E-state index in [2.05, 4.69) is 15.0 Å². The number of nitrogens with zero attached hydrogens (tertiary/aromatic N) is 4. The van der Waals surface area contributed by atoms with E-state index in [0.717, 1.165) is 6.26 Å². The van der Waals surface area contributed by atoms with Gasteiger partial charge in [-0.05, 0) is 23.2 Å². The van der Waals surface area contributed by atoms with Gasteiger partial charge in [-0.25, -0.2) is 23.0 Å². The fraction of sp³-hybridized carbons (Fsp3) is 0.381. The van der Waals surface area contributed by atoms with E-state index in [9.17, 15) is 38.4 Å². The number of benzene rings is 1. The number of carboxylic acids is 2. The number of aromatic nitrogens is 4. The van der Waals surface area contributed by atoms with Gasteiger partial charge in [-0.3, -0.25) is 4.57 Å². The van der Waals surface area contributed by atoms with Crippen LogP contribution in [0, 0.1) is 0 Å². The lowest BCUT2D eigenvalue weighted by atomic mass is 9.94. The number of anilines is 1. The monoisotopic (exact) mass is 571 g/mol. The van der Waals surface area contributed by atoms with Crippen molar-refractivity contribution in [2.45, 2.75) is 41.5 Å². The third kappa shape index (κ3) is 4.89. The Bertz CT molecular complexity index is 1500. The van der Waals surface area contributed by atoms with E-state index in [1.807, 2.05) is 0 Å². The van der Waals surface area contributed by atoms with E-state index in [1.54, 1.807) is 0 Å². The summed E-state index contributed by atoms with van der Waals surface area (Å²) in [5.74, 6) is -3.88. The van der Waals surface area contributed by atoms with Crippen molar-refractivity contribution in [3.05, 3.63) is 41.4 Å². The van der Waals surface area contributed by atoms with Gasteiger partial charge in [0.2, 0.25) is 5.28 Å². The van der Waals surface area contributed by atoms with E-state index >= 15 is 0 Å². The molecule has 1 saturated heterocycles. The molecule has 1 aliphatic heterocycles. The van der Waals surface area contributed by atoms with Gasteiger partial charge in [-0.2, -0.15) is 9.97 Å². The van der Waals surface area contributed by atoms with Crippen molar-refractivity contribution in [2.24, 2.45) is 0 Å². The lowest BCUT2D eigenvalue weighted by Gasteiger charge is -2.28. The molecule has 38 heavy (non-hydrogen) atoms. The number of nitrogens with two attached hydrogens (primary N) is 1. The van der Waals surface area contributed by atoms with Crippen LogP contribution in [0.3, 0.4) is 0 Å². The second kappa shape index (κ2) is 10.0. The Hall–Kier alpha value is -3.41. The predicted octanol–water partition coefficient (Wildman–Crippen LogP) is -0.748. The fourth-order valence-electron chi connectivity index (χ4n) is 4.12. The van der Waals surface area contributed by atoms with E-state index in [4.69, 9.17) is 26.8 Å². The quantitative estimate of drug-likeness (QED) is 0.157. The average Bonchev–Trinajstić information content (AvgIpc) is 3.37. The van der Waals surface area contributed by atoms with Gasteiger partial charge in [0.1, 0.15) is 23.8 Å². The maximum atomic E-state index is 12.2. The first-order chi connectivity index (χ1) is 17.8. The Morgan fingerprint density at radius 1 is 1.18 bits per heavy atom. The Morgan fingerprint density at radius 2 is 1.84 bits per heavy atom. The molecule has 4 atom stereocenters. The Kier molecular flexibility index (Phi) is 7.30. The number of carbonyl (C=O) groups is 2. The summed E-state index contributed by atoms with van der Waals surface area (Å²) in [6.45, 7) is -0.807. The highest BCUT2D eigenvalue weighted by Gasteiger charge is 2.52. The van der Waals surface area contributed by atoms with Gasteiger partial charge in [-0.15, -0.1) is 0 Å². The lowest BCUT2D eigenvalue weighted by molar-refractivity contribution is -0.190. The first kappa shape index (κ1) is 27.6. The molecule has 6 N–H and O–H groups in total. The molecule has 1 aromatic carbocycles. The predicted molar refractivity (Wildman–Crippen MR) is 128 cm³/mol. The molecule has 204 valence electrons. The number of rotatable bonds is 9. The number of fused-ring (bicyclic) bond motifs is 1. The summed E-state index contributed by atoms with van der Waals surface area (Å²) >= 11 is 5.85. The standard InChI is InChI=1S/C21H22ClN5O10S/c1-38(34,35)11-5-3-2-4-9(11)6-21(18(30)31,19(32)33)36-7-10-13(28)14(29)17(37-10)27-8-24-12-15(23)25-20(22)26-16(12)27/h2-5,8,10,13-14,17,28-29H,6-7H2,1H3,(H,30,31)(H,32,33)(H2,23,25,26). The molecule has 4 unspecified atom stereocenters. The molecular weight excluding hydrogens is 550 g/mol. The summed E-state index contributed by atoms with van der Waals surface area (Å²) in [5, 5.41) is 40.7. The van der Waals surface area contributed by atoms with Crippen LogP contribution in [-0.2, 0) is 35.3 Å². The average molecular weight is 572 g/mol. The number of aliphatic carboxylic acids is 2. The van der Waals surface area contributed by atoms with Gasteiger partial charge in [0.15, 0.2) is 27.5 Å². The second-order valence-electron chi connectivity index (χ2n) is 8.55. The number of hydrogen-bond donors (Lipinski definition) is 5. The van der Waals surface area contributed by atoms with E-state index < -0.39 is 64.9 Å². The molecule has 1 aliphatic rings. The zero-order valence-corrected chi connectivity index (χ0v) is 21.1. The van der Waals surface area contributed by atoms with Crippen LogP contribution in [0.25, 0.3) is 11.2 Å². The minimum absolute atomic E-state index is 0.0475. The molecule has 3 heterocycles. The van der Waals surface area contributed by atoms with Crippen LogP contribution in [0.2, 0.25) is 5.28 Å². The minimum Gasteiger partial charge on any atom is -0.479 e. The first-order valence-corrected chi connectivity index (χ1v) is 13.1. The van der Waals surface area contributed by atoms with Gasteiger partial charge in [0, 0.05) is 12.7 Å². The zero-order chi connectivity index (χ0) is 28.0. The van der Waals surface area contributed by atoms with Crippen LogP contribution >= 0.6 is 11.6 Å². The number of carboxylic acid groups (broad SMARTS) is 2. The lowest BCUT2D eigenvalue weighted by Crippen LogP contribution is -2.53. The Balaban J connectivity index is 1.62. The van der Waals surface area contributed by atoms with Crippen molar-refractivity contribution >= 4 is 50.4 Å². The van der Waals surface area contributed by atoms with Crippen LogP contribution in [0.1, 0.15) is 11.8 Å². The van der Waals surface area contributed by atoms with Crippen molar-refractivity contribution in [2.75, 3.05) is 18.6 Å². The molecule has 0 saturated carbocycles. The highest BCUT2D eigenvalue weighted by Crippen LogP contribution is 2.34. The largest absolute Gasteiger partial charge is 0.479 e. The smallest absolute Gasteiger partial charge is 0.348 e. The second-order valence-corrected chi connectivity index (χ2v) is 10.9.